The summed E-state index contributed by atoms with van der Waals surface area (Å²) < 4.78 is 23.8. The van der Waals surface area contributed by atoms with Gasteiger partial charge in [-0.25, -0.2) is 9.79 Å². The fourth-order valence-electron chi connectivity index (χ4n) is 4.13. The Kier molecular flexibility index (Phi) is 5.70. The molecule has 1 atom stereocenters. The van der Waals surface area contributed by atoms with Crippen molar-refractivity contribution in [2.45, 2.75) is 19.9 Å². The maximum atomic E-state index is 13.7. The van der Waals surface area contributed by atoms with Gasteiger partial charge >= 0.3 is 5.97 Å². The minimum absolute atomic E-state index is 0.176. The Labute approximate surface area is 199 Å². The third-order valence-electron chi connectivity index (χ3n) is 5.64. The highest BCUT2D eigenvalue weighted by Crippen LogP contribution is 2.36. The quantitative estimate of drug-likeness (QED) is 0.524. The first kappa shape index (κ1) is 22.0. The van der Waals surface area contributed by atoms with Crippen LogP contribution < -0.4 is 29.1 Å². The lowest BCUT2D eigenvalue weighted by Crippen LogP contribution is -2.40. The largest absolute Gasteiger partial charge is 0.496 e. The molecule has 0 fully saturated rings. The maximum Gasteiger partial charge on any atom is 0.338 e. The summed E-state index contributed by atoms with van der Waals surface area (Å²) in [6.45, 7) is 3.88. The van der Waals surface area contributed by atoms with Crippen molar-refractivity contribution in [2.75, 3.05) is 20.5 Å². The number of aromatic nitrogens is 1. The lowest BCUT2D eigenvalue weighted by atomic mass is 9.95. The molecule has 174 valence electrons. The van der Waals surface area contributed by atoms with E-state index in [1.54, 1.807) is 37.7 Å². The molecule has 0 aliphatic carbocycles. The second-order valence-electron chi connectivity index (χ2n) is 7.66. The van der Waals surface area contributed by atoms with Crippen LogP contribution in [0.3, 0.4) is 0 Å². The minimum Gasteiger partial charge on any atom is -0.496 e. The summed E-state index contributed by atoms with van der Waals surface area (Å²) in [6.07, 6.45) is 1.79. The Balaban J connectivity index is 1.72. The second kappa shape index (κ2) is 8.83. The van der Waals surface area contributed by atoms with Crippen LogP contribution in [0.2, 0.25) is 0 Å². The number of fused-ring (bicyclic) bond motifs is 2. The monoisotopic (exact) mass is 478 g/mol. The first-order valence-corrected chi connectivity index (χ1v) is 11.6. The lowest BCUT2D eigenvalue weighted by molar-refractivity contribution is -0.139. The number of methoxy groups -OCH3 is 1. The van der Waals surface area contributed by atoms with Crippen LogP contribution in [0.4, 0.5) is 0 Å². The zero-order valence-electron chi connectivity index (χ0n) is 18.9. The molecule has 0 N–H and O–H groups in total. The van der Waals surface area contributed by atoms with Gasteiger partial charge in [0.2, 0.25) is 6.79 Å². The molecular weight excluding hydrogens is 456 g/mol. The number of esters is 1. The van der Waals surface area contributed by atoms with Crippen molar-refractivity contribution in [3.8, 4) is 17.2 Å². The minimum atomic E-state index is -0.731. The van der Waals surface area contributed by atoms with Gasteiger partial charge in [-0.05, 0) is 43.7 Å². The number of hydrogen-bond acceptors (Lipinski definition) is 8. The van der Waals surface area contributed by atoms with E-state index in [2.05, 4.69) is 4.99 Å². The molecule has 8 nitrogen and oxygen atoms in total. The van der Waals surface area contributed by atoms with Gasteiger partial charge in [0.1, 0.15) is 11.8 Å². The molecule has 0 bridgehead atoms. The molecule has 3 aromatic rings. The third-order valence-corrected chi connectivity index (χ3v) is 6.63. The molecule has 2 aromatic carbocycles. The zero-order valence-corrected chi connectivity index (χ0v) is 19.7. The number of para-hydroxylation sites is 1. The average Bonchev–Trinajstić information content (AvgIpc) is 3.42. The zero-order chi connectivity index (χ0) is 23.8. The summed E-state index contributed by atoms with van der Waals surface area (Å²) in [5.74, 6) is 1.36. The van der Waals surface area contributed by atoms with Crippen LogP contribution in [0.1, 0.15) is 31.0 Å². The van der Waals surface area contributed by atoms with Crippen LogP contribution in [0.25, 0.3) is 6.08 Å². The SMILES string of the molecule is CCOC(=O)C1=C(C)N=c2s/c(=C/c3ccc4c(c3)OCO4)c(=O)n2C1c1ccccc1OC. The van der Waals surface area contributed by atoms with E-state index in [9.17, 15) is 9.59 Å². The Morgan fingerprint density at radius 2 is 2.03 bits per heavy atom. The van der Waals surface area contributed by atoms with Gasteiger partial charge < -0.3 is 18.9 Å². The highest BCUT2D eigenvalue weighted by Gasteiger charge is 2.34. The van der Waals surface area contributed by atoms with Crippen LogP contribution in [0, 0.1) is 0 Å². The molecular formula is C25H22N2O6S. The topological polar surface area (TPSA) is 88.4 Å². The molecule has 3 heterocycles. The van der Waals surface area contributed by atoms with E-state index in [1.165, 1.54) is 11.3 Å². The number of ether oxygens (including phenoxy) is 4. The second-order valence-corrected chi connectivity index (χ2v) is 8.67. The molecule has 2 aliphatic rings. The van der Waals surface area contributed by atoms with Crippen LogP contribution in [0.5, 0.6) is 17.2 Å². The Morgan fingerprint density at radius 3 is 2.82 bits per heavy atom. The van der Waals surface area contributed by atoms with Crippen molar-refractivity contribution >= 4 is 23.4 Å². The molecule has 34 heavy (non-hydrogen) atoms. The van der Waals surface area contributed by atoms with Gasteiger partial charge in [-0.2, -0.15) is 0 Å². The summed E-state index contributed by atoms with van der Waals surface area (Å²) in [5, 5.41) is 0. The predicted molar refractivity (Wildman–Crippen MR) is 126 cm³/mol. The molecule has 2 aliphatic heterocycles. The van der Waals surface area contributed by atoms with Crippen molar-refractivity contribution in [3.05, 3.63) is 84.5 Å². The van der Waals surface area contributed by atoms with E-state index in [0.29, 0.717) is 43.4 Å². The summed E-state index contributed by atoms with van der Waals surface area (Å²) in [5.41, 5.74) is 2.04. The molecule has 0 spiro atoms. The van der Waals surface area contributed by atoms with E-state index in [-0.39, 0.29) is 19.0 Å². The van der Waals surface area contributed by atoms with Gasteiger partial charge in [0.05, 0.1) is 29.5 Å². The number of carbonyl (C=O) groups excluding carboxylic acids is 1. The normalized spacial score (nSPS) is 16.8. The van der Waals surface area contributed by atoms with Crippen molar-refractivity contribution in [2.24, 2.45) is 4.99 Å². The molecule has 0 radical (unpaired) electrons. The number of rotatable bonds is 5. The fourth-order valence-corrected chi connectivity index (χ4v) is 5.18. The van der Waals surface area contributed by atoms with Crippen molar-refractivity contribution < 1.29 is 23.7 Å². The first-order chi connectivity index (χ1) is 16.5. The van der Waals surface area contributed by atoms with Gasteiger partial charge in [0.25, 0.3) is 5.56 Å². The Bertz CT molecular complexity index is 1500. The number of hydrogen-bond donors (Lipinski definition) is 0. The van der Waals surface area contributed by atoms with Crippen molar-refractivity contribution in [1.82, 2.24) is 4.57 Å². The molecule has 1 aromatic heterocycles. The Morgan fingerprint density at radius 1 is 1.24 bits per heavy atom. The van der Waals surface area contributed by atoms with Gasteiger partial charge in [-0.3, -0.25) is 9.36 Å². The summed E-state index contributed by atoms with van der Waals surface area (Å²) in [4.78, 5) is 31.8. The fraction of sp³-hybridized carbons (Fsp3) is 0.240. The van der Waals surface area contributed by atoms with Gasteiger partial charge in [-0.1, -0.05) is 35.6 Å². The van der Waals surface area contributed by atoms with Crippen LogP contribution in [0.15, 0.2) is 63.5 Å². The van der Waals surface area contributed by atoms with Crippen molar-refractivity contribution in [3.63, 3.8) is 0 Å². The smallest absolute Gasteiger partial charge is 0.338 e. The summed E-state index contributed by atoms with van der Waals surface area (Å²) in [6, 6.07) is 12.1. The van der Waals surface area contributed by atoms with Crippen LogP contribution in [-0.2, 0) is 9.53 Å². The summed E-state index contributed by atoms with van der Waals surface area (Å²) >= 11 is 1.26. The lowest BCUT2D eigenvalue weighted by Gasteiger charge is -2.25. The summed E-state index contributed by atoms with van der Waals surface area (Å²) in [7, 11) is 1.56. The number of carbonyl (C=O) groups is 1. The van der Waals surface area contributed by atoms with E-state index >= 15 is 0 Å². The maximum absolute atomic E-state index is 13.7. The predicted octanol–water partition coefficient (Wildman–Crippen LogP) is 2.54. The number of nitrogens with zero attached hydrogens (tertiary/aromatic N) is 2. The van der Waals surface area contributed by atoms with Crippen LogP contribution in [-0.4, -0.2) is 31.0 Å². The van der Waals surface area contributed by atoms with E-state index < -0.39 is 12.0 Å². The standard InChI is InChI=1S/C25H22N2O6S/c1-4-31-24(29)21-14(2)26-25-27(22(21)16-7-5-6-8-17(16)30-3)23(28)20(34-25)12-15-9-10-18-19(11-15)33-13-32-18/h5-12,22H,4,13H2,1-3H3/b20-12+. The number of allylic oxidation sites excluding steroid dienone is 1. The molecule has 0 saturated heterocycles. The molecule has 5 rings (SSSR count). The van der Waals surface area contributed by atoms with E-state index in [1.807, 2.05) is 36.4 Å². The molecule has 0 amide bonds. The van der Waals surface area contributed by atoms with Gasteiger partial charge in [0.15, 0.2) is 16.3 Å². The number of benzene rings is 2. The molecule has 0 saturated carbocycles. The van der Waals surface area contributed by atoms with Gasteiger partial charge in [-0.15, -0.1) is 0 Å². The average molecular weight is 479 g/mol. The van der Waals surface area contributed by atoms with E-state index in [0.717, 1.165) is 5.56 Å². The highest BCUT2D eigenvalue weighted by molar-refractivity contribution is 7.07. The molecule has 1 unspecified atom stereocenters. The van der Waals surface area contributed by atoms with E-state index in [4.69, 9.17) is 18.9 Å². The van der Waals surface area contributed by atoms with Gasteiger partial charge in [0, 0.05) is 5.56 Å². The van der Waals surface area contributed by atoms with Crippen LogP contribution >= 0.6 is 11.3 Å². The molecule has 9 heteroatoms. The third kappa shape index (κ3) is 3.67. The number of thiazole rings is 1. The highest BCUT2D eigenvalue weighted by atomic mass is 32.1. The Hall–Kier alpha value is -3.85. The van der Waals surface area contributed by atoms with Crippen molar-refractivity contribution in [1.29, 1.82) is 0 Å². The first-order valence-electron chi connectivity index (χ1n) is 10.7.